The average Bonchev–Trinajstić information content (AvgIpc) is 2.87. The van der Waals surface area contributed by atoms with Gasteiger partial charge in [0.15, 0.2) is 0 Å². The van der Waals surface area contributed by atoms with Crippen molar-refractivity contribution in [3.05, 3.63) is 35.9 Å². The molecule has 1 fully saturated rings. The molecule has 0 heterocycles. The lowest BCUT2D eigenvalue weighted by molar-refractivity contribution is 0.320. The first kappa shape index (κ1) is 7.35. The van der Waals surface area contributed by atoms with Crippen LogP contribution in [-0.4, -0.2) is 11.4 Å². The Morgan fingerprint density at radius 1 is 1.33 bits per heavy atom. The minimum atomic E-state index is 0.456. The van der Waals surface area contributed by atoms with Gasteiger partial charge in [0.1, 0.15) is 0 Å². The zero-order chi connectivity index (χ0) is 8.39. The maximum Gasteiger partial charge on any atom is 0.0473 e. The molecule has 0 bridgehead atoms. The summed E-state index contributed by atoms with van der Waals surface area (Å²) in [5, 5.41) is 11.4. The standard InChI is InChI=1S/C10H11NO/c12-11-7-9-6-10(9)8-4-2-1-3-5-8/h1-5,7,9-10,12H,6H2/b11-7-/t9-,10+/m1/s1. The molecule has 1 aromatic carbocycles. The zero-order valence-electron chi connectivity index (χ0n) is 6.72. The lowest BCUT2D eigenvalue weighted by atomic mass is 10.1. The van der Waals surface area contributed by atoms with E-state index < -0.39 is 0 Å². The Kier molecular flexibility index (Phi) is 1.82. The summed E-state index contributed by atoms with van der Waals surface area (Å²) < 4.78 is 0. The Morgan fingerprint density at radius 3 is 2.75 bits per heavy atom. The van der Waals surface area contributed by atoms with E-state index >= 15 is 0 Å². The Hall–Kier alpha value is -1.31. The summed E-state index contributed by atoms with van der Waals surface area (Å²) in [4.78, 5) is 0. The number of benzene rings is 1. The van der Waals surface area contributed by atoms with Crippen LogP contribution in [0, 0.1) is 5.92 Å². The molecule has 0 radical (unpaired) electrons. The number of hydrogen-bond acceptors (Lipinski definition) is 2. The van der Waals surface area contributed by atoms with Crippen LogP contribution in [0.25, 0.3) is 0 Å². The van der Waals surface area contributed by atoms with Crippen molar-refractivity contribution in [1.29, 1.82) is 0 Å². The molecule has 1 saturated carbocycles. The molecule has 0 unspecified atom stereocenters. The quantitative estimate of drug-likeness (QED) is 0.402. The first-order valence-corrected chi connectivity index (χ1v) is 4.14. The number of rotatable bonds is 2. The molecule has 62 valence electrons. The molecule has 2 atom stereocenters. The van der Waals surface area contributed by atoms with Gasteiger partial charge in [-0.05, 0) is 17.9 Å². The predicted molar refractivity (Wildman–Crippen MR) is 47.6 cm³/mol. The van der Waals surface area contributed by atoms with Crippen LogP contribution < -0.4 is 0 Å². The molecule has 0 amide bonds. The van der Waals surface area contributed by atoms with E-state index in [-0.39, 0.29) is 0 Å². The van der Waals surface area contributed by atoms with Gasteiger partial charge in [0.2, 0.25) is 0 Å². The van der Waals surface area contributed by atoms with Crippen LogP contribution in [0.15, 0.2) is 35.5 Å². The van der Waals surface area contributed by atoms with Crippen molar-refractivity contribution in [2.24, 2.45) is 11.1 Å². The maximum atomic E-state index is 8.31. The molecular weight excluding hydrogens is 150 g/mol. The second-order valence-electron chi connectivity index (χ2n) is 3.18. The van der Waals surface area contributed by atoms with Crippen LogP contribution in [0.5, 0.6) is 0 Å². The molecule has 2 rings (SSSR count). The molecule has 1 aliphatic carbocycles. The predicted octanol–water partition coefficient (Wildman–Crippen LogP) is 2.25. The van der Waals surface area contributed by atoms with E-state index in [4.69, 9.17) is 5.21 Å². The first-order chi connectivity index (χ1) is 5.92. The van der Waals surface area contributed by atoms with Crippen LogP contribution in [0.3, 0.4) is 0 Å². The highest BCUT2D eigenvalue weighted by molar-refractivity contribution is 5.66. The molecular formula is C10H11NO. The monoisotopic (exact) mass is 161 g/mol. The molecule has 2 heteroatoms. The van der Waals surface area contributed by atoms with E-state index in [1.807, 2.05) is 18.2 Å². The van der Waals surface area contributed by atoms with Crippen molar-refractivity contribution >= 4 is 6.21 Å². The molecule has 1 N–H and O–H groups in total. The van der Waals surface area contributed by atoms with Crippen molar-refractivity contribution in [3.8, 4) is 0 Å². The Balaban J connectivity index is 2.06. The van der Waals surface area contributed by atoms with Crippen molar-refractivity contribution < 1.29 is 5.21 Å². The fourth-order valence-corrected chi connectivity index (χ4v) is 1.55. The molecule has 1 aliphatic rings. The summed E-state index contributed by atoms with van der Waals surface area (Å²) in [6.07, 6.45) is 2.74. The summed E-state index contributed by atoms with van der Waals surface area (Å²) in [6, 6.07) is 10.3. The third-order valence-electron chi connectivity index (χ3n) is 2.33. The normalized spacial score (nSPS) is 27.7. The average molecular weight is 161 g/mol. The Labute approximate surface area is 71.5 Å². The summed E-state index contributed by atoms with van der Waals surface area (Å²) in [5.74, 6) is 1.04. The largest absolute Gasteiger partial charge is 0.411 e. The molecule has 12 heavy (non-hydrogen) atoms. The van der Waals surface area contributed by atoms with Gasteiger partial charge in [0.25, 0.3) is 0 Å². The van der Waals surface area contributed by atoms with Crippen molar-refractivity contribution in [3.63, 3.8) is 0 Å². The highest BCUT2D eigenvalue weighted by Crippen LogP contribution is 2.45. The zero-order valence-corrected chi connectivity index (χ0v) is 6.72. The second-order valence-corrected chi connectivity index (χ2v) is 3.18. The van der Waals surface area contributed by atoms with E-state index in [2.05, 4.69) is 17.3 Å². The number of oxime groups is 1. The minimum absolute atomic E-state index is 0.456. The SMILES string of the molecule is O/N=C\[C@H]1C[C@H]1c1ccccc1. The Morgan fingerprint density at radius 2 is 2.08 bits per heavy atom. The van der Waals surface area contributed by atoms with Crippen LogP contribution in [0.4, 0.5) is 0 Å². The van der Waals surface area contributed by atoms with E-state index in [1.54, 1.807) is 6.21 Å². The highest BCUT2D eigenvalue weighted by atomic mass is 16.4. The number of nitrogens with zero attached hydrogens (tertiary/aromatic N) is 1. The van der Waals surface area contributed by atoms with Crippen molar-refractivity contribution in [1.82, 2.24) is 0 Å². The van der Waals surface area contributed by atoms with Gasteiger partial charge in [0.05, 0.1) is 0 Å². The Bertz CT molecular complexity index is 281. The maximum absolute atomic E-state index is 8.31. The van der Waals surface area contributed by atoms with Crippen LogP contribution in [-0.2, 0) is 0 Å². The van der Waals surface area contributed by atoms with Crippen LogP contribution in [0.2, 0.25) is 0 Å². The van der Waals surface area contributed by atoms with Gasteiger partial charge in [-0.2, -0.15) is 0 Å². The fourth-order valence-electron chi connectivity index (χ4n) is 1.55. The summed E-state index contributed by atoms with van der Waals surface area (Å²) >= 11 is 0. The molecule has 0 aromatic heterocycles. The second kappa shape index (κ2) is 2.97. The van der Waals surface area contributed by atoms with Gasteiger partial charge >= 0.3 is 0 Å². The van der Waals surface area contributed by atoms with Gasteiger partial charge < -0.3 is 5.21 Å². The first-order valence-electron chi connectivity index (χ1n) is 4.14. The minimum Gasteiger partial charge on any atom is -0.411 e. The molecule has 1 aromatic rings. The van der Waals surface area contributed by atoms with Crippen molar-refractivity contribution in [2.45, 2.75) is 12.3 Å². The van der Waals surface area contributed by atoms with Crippen molar-refractivity contribution in [2.75, 3.05) is 0 Å². The van der Waals surface area contributed by atoms with Gasteiger partial charge in [-0.1, -0.05) is 30.3 Å². The van der Waals surface area contributed by atoms with Crippen LogP contribution in [0.1, 0.15) is 17.9 Å². The lowest BCUT2D eigenvalue weighted by Crippen LogP contribution is -1.83. The lowest BCUT2D eigenvalue weighted by Gasteiger charge is -1.94. The molecule has 2 nitrogen and oxygen atoms in total. The third-order valence-corrected chi connectivity index (χ3v) is 2.33. The van der Waals surface area contributed by atoms with Gasteiger partial charge in [-0.15, -0.1) is 5.16 Å². The van der Waals surface area contributed by atoms with E-state index in [0.717, 1.165) is 6.42 Å². The van der Waals surface area contributed by atoms with E-state index in [1.165, 1.54) is 5.56 Å². The summed E-state index contributed by atoms with van der Waals surface area (Å²) in [6.45, 7) is 0. The van der Waals surface area contributed by atoms with Crippen LogP contribution >= 0.6 is 0 Å². The molecule has 0 spiro atoms. The summed E-state index contributed by atoms with van der Waals surface area (Å²) in [5.41, 5.74) is 1.35. The van der Waals surface area contributed by atoms with E-state index in [0.29, 0.717) is 11.8 Å². The fraction of sp³-hybridized carbons (Fsp3) is 0.300. The smallest absolute Gasteiger partial charge is 0.0473 e. The number of hydrogen-bond donors (Lipinski definition) is 1. The molecule has 0 saturated heterocycles. The molecule has 0 aliphatic heterocycles. The van der Waals surface area contributed by atoms with E-state index in [9.17, 15) is 0 Å². The third kappa shape index (κ3) is 1.33. The topological polar surface area (TPSA) is 32.6 Å². The van der Waals surface area contributed by atoms with Gasteiger partial charge in [-0.25, -0.2) is 0 Å². The van der Waals surface area contributed by atoms with Gasteiger partial charge in [0, 0.05) is 12.1 Å². The summed E-state index contributed by atoms with van der Waals surface area (Å²) in [7, 11) is 0. The highest BCUT2D eigenvalue weighted by Gasteiger charge is 2.36. The van der Waals surface area contributed by atoms with Gasteiger partial charge in [-0.3, -0.25) is 0 Å².